The lowest BCUT2D eigenvalue weighted by Gasteiger charge is -2.07. The Bertz CT molecular complexity index is 485. The predicted octanol–water partition coefficient (Wildman–Crippen LogP) is 2.57. The number of hydrogen-bond acceptors (Lipinski definition) is 4. The summed E-state index contributed by atoms with van der Waals surface area (Å²) in [6.45, 7) is 4.01. The normalized spacial score (nSPS) is 12.6. The van der Waals surface area contributed by atoms with Crippen LogP contribution in [0, 0.1) is 5.92 Å². The molecule has 4 heteroatoms. The van der Waals surface area contributed by atoms with Gasteiger partial charge in [0.05, 0.1) is 12.5 Å². The van der Waals surface area contributed by atoms with E-state index < -0.39 is 0 Å². The zero-order valence-corrected chi connectivity index (χ0v) is 9.97. The van der Waals surface area contributed by atoms with Crippen molar-refractivity contribution in [3.05, 3.63) is 30.2 Å². The van der Waals surface area contributed by atoms with Crippen molar-refractivity contribution in [2.75, 3.05) is 6.61 Å². The van der Waals surface area contributed by atoms with Gasteiger partial charge in [0.2, 0.25) is 0 Å². The molecule has 90 valence electrons. The number of rotatable bonds is 4. The van der Waals surface area contributed by atoms with E-state index in [2.05, 4.69) is 4.98 Å². The fourth-order valence-electron chi connectivity index (χ4n) is 1.64. The number of carbonyl (C=O) groups is 1. The van der Waals surface area contributed by atoms with Gasteiger partial charge in [-0.25, -0.2) is 4.98 Å². The molecular formula is C13H15NO3. The third-order valence-corrected chi connectivity index (χ3v) is 2.51. The average Bonchev–Trinajstić information content (AvgIpc) is 2.71. The number of esters is 1. The number of benzene rings is 1. The third-order valence-electron chi connectivity index (χ3n) is 2.51. The predicted molar refractivity (Wildman–Crippen MR) is 63.5 cm³/mol. The summed E-state index contributed by atoms with van der Waals surface area (Å²) in [6, 6.07) is 7.55. The molecule has 0 bridgehead atoms. The highest BCUT2D eigenvalue weighted by atomic mass is 16.5. The standard InChI is InChI=1S/C13H15NO3/c1-3-16-13(15)9(2)8-12-14-10-6-4-5-7-11(10)17-12/h4-7,9H,3,8H2,1-2H3. The molecule has 1 aromatic heterocycles. The molecule has 2 aromatic rings. The van der Waals surface area contributed by atoms with Crippen LogP contribution in [0.3, 0.4) is 0 Å². The summed E-state index contributed by atoms with van der Waals surface area (Å²) in [4.78, 5) is 15.8. The van der Waals surface area contributed by atoms with Crippen LogP contribution in [0.15, 0.2) is 28.7 Å². The second-order valence-electron chi connectivity index (χ2n) is 3.93. The molecule has 4 nitrogen and oxygen atoms in total. The van der Waals surface area contributed by atoms with Crippen molar-refractivity contribution < 1.29 is 13.9 Å². The van der Waals surface area contributed by atoms with E-state index in [9.17, 15) is 4.79 Å². The summed E-state index contributed by atoms with van der Waals surface area (Å²) in [6.07, 6.45) is 0.466. The number of hydrogen-bond donors (Lipinski definition) is 0. The molecule has 2 rings (SSSR count). The van der Waals surface area contributed by atoms with Gasteiger partial charge in [-0.3, -0.25) is 4.79 Å². The highest BCUT2D eigenvalue weighted by molar-refractivity contribution is 5.73. The zero-order valence-electron chi connectivity index (χ0n) is 9.97. The minimum atomic E-state index is -0.233. The molecule has 0 saturated heterocycles. The number of nitrogens with zero attached hydrogens (tertiary/aromatic N) is 1. The number of oxazole rings is 1. The van der Waals surface area contributed by atoms with Crippen LogP contribution in [-0.4, -0.2) is 17.6 Å². The second kappa shape index (κ2) is 4.99. The fraction of sp³-hybridized carbons (Fsp3) is 0.385. The summed E-state index contributed by atoms with van der Waals surface area (Å²) >= 11 is 0. The summed E-state index contributed by atoms with van der Waals surface area (Å²) in [5.41, 5.74) is 1.57. The Morgan fingerprint density at radius 1 is 1.47 bits per heavy atom. The first-order valence-corrected chi connectivity index (χ1v) is 5.71. The number of fused-ring (bicyclic) bond motifs is 1. The van der Waals surface area contributed by atoms with Crippen molar-refractivity contribution in [3.63, 3.8) is 0 Å². The van der Waals surface area contributed by atoms with Crippen molar-refractivity contribution in [3.8, 4) is 0 Å². The lowest BCUT2D eigenvalue weighted by Crippen LogP contribution is -2.16. The monoisotopic (exact) mass is 233 g/mol. The summed E-state index contributed by atoms with van der Waals surface area (Å²) in [5, 5.41) is 0. The van der Waals surface area contributed by atoms with Crippen LogP contribution in [-0.2, 0) is 16.0 Å². The van der Waals surface area contributed by atoms with E-state index >= 15 is 0 Å². The van der Waals surface area contributed by atoms with E-state index in [0.717, 1.165) is 11.1 Å². The largest absolute Gasteiger partial charge is 0.466 e. The van der Waals surface area contributed by atoms with Crippen molar-refractivity contribution in [2.24, 2.45) is 5.92 Å². The lowest BCUT2D eigenvalue weighted by atomic mass is 10.1. The minimum Gasteiger partial charge on any atom is -0.466 e. The van der Waals surface area contributed by atoms with Gasteiger partial charge in [0.25, 0.3) is 0 Å². The van der Waals surface area contributed by atoms with E-state index in [4.69, 9.17) is 9.15 Å². The number of carbonyl (C=O) groups excluding carboxylic acids is 1. The quantitative estimate of drug-likeness (QED) is 0.761. The average molecular weight is 233 g/mol. The maximum absolute atomic E-state index is 11.5. The first kappa shape index (κ1) is 11.6. The highest BCUT2D eigenvalue weighted by Crippen LogP contribution is 2.17. The van der Waals surface area contributed by atoms with Gasteiger partial charge in [-0.2, -0.15) is 0 Å². The van der Waals surface area contributed by atoms with Crippen molar-refractivity contribution in [1.29, 1.82) is 0 Å². The van der Waals surface area contributed by atoms with Gasteiger partial charge in [0, 0.05) is 6.42 Å². The maximum Gasteiger partial charge on any atom is 0.309 e. The van der Waals surface area contributed by atoms with E-state index in [1.165, 1.54) is 0 Å². The molecule has 1 aromatic carbocycles. The Labute approximate surface area is 99.6 Å². The molecular weight excluding hydrogens is 218 g/mol. The topological polar surface area (TPSA) is 52.3 Å². The molecule has 1 heterocycles. The molecule has 1 unspecified atom stereocenters. The number of para-hydroxylation sites is 2. The lowest BCUT2D eigenvalue weighted by molar-refractivity contribution is -0.147. The van der Waals surface area contributed by atoms with E-state index in [-0.39, 0.29) is 11.9 Å². The Hall–Kier alpha value is -1.84. The maximum atomic E-state index is 11.5. The van der Waals surface area contributed by atoms with Crippen molar-refractivity contribution >= 4 is 17.1 Å². The first-order valence-electron chi connectivity index (χ1n) is 5.71. The summed E-state index contributed by atoms with van der Waals surface area (Å²) < 4.78 is 10.5. The zero-order chi connectivity index (χ0) is 12.3. The van der Waals surface area contributed by atoms with Gasteiger partial charge >= 0.3 is 5.97 Å². The van der Waals surface area contributed by atoms with Crippen LogP contribution >= 0.6 is 0 Å². The Balaban J connectivity index is 2.10. The van der Waals surface area contributed by atoms with E-state index in [0.29, 0.717) is 18.9 Å². The first-order chi connectivity index (χ1) is 8.20. The summed E-state index contributed by atoms with van der Waals surface area (Å²) in [5.74, 6) is 0.129. The molecule has 0 spiro atoms. The summed E-state index contributed by atoms with van der Waals surface area (Å²) in [7, 11) is 0. The molecule has 0 aliphatic heterocycles. The van der Waals surface area contributed by atoms with Gasteiger partial charge in [-0.15, -0.1) is 0 Å². The van der Waals surface area contributed by atoms with Crippen LogP contribution in [0.4, 0.5) is 0 Å². The van der Waals surface area contributed by atoms with Gasteiger partial charge in [0.15, 0.2) is 11.5 Å². The molecule has 0 N–H and O–H groups in total. The fourth-order valence-corrected chi connectivity index (χ4v) is 1.64. The third kappa shape index (κ3) is 2.64. The molecule has 0 aliphatic carbocycles. The number of ether oxygens (including phenoxy) is 1. The van der Waals surface area contributed by atoms with Gasteiger partial charge < -0.3 is 9.15 Å². The molecule has 17 heavy (non-hydrogen) atoms. The molecule has 0 saturated carbocycles. The van der Waals surface area contributed by atoms with Gasteiger partial charge in [-0.1, -0.05) is 19.1 Å². The molecule has 0 fully saturated rings. The van der Waals surface area contributed by atoms with E-state index in [1.807, 2.05) is 31.2 Å². The Morgan fingerprint density at radius 2 is 2.24 bits per heavy atom. The molecule has 1 atom stereocenters. The van der Waals surface area contributed by atoms with Gasteiger partial charge in [0.1, 0.15) is 5.52 Å². The van der Waals surface area contributed by atoms with Crippen molar-refractivity contribution in [2.45, 2.75) is 20.3 Å². The Kier molecular flexibility index (Phi) is 3.42. The number of aromatic nitrogens is 1. The van der Waals surface area contributed by atoms with Crippen LogP contribution < -0.4 is 0 Å². The van der Waals surface area contributed by atoms with Crippen LogP contribution in [0.5, 0.6) is 0 Å². The molecule has 0 radical (unpaired) electrons. The second-order valence-corrected chi connectivity index (χ2v) is 3.93. The minimum absolute atomic E-state index is 0.213. The Morgan fingerprint density at radius 3 is 2.94 bits per heavy atom. The molecule has 0 aliphatic rings. The van der Waals surface area contributed by atoms with Gasteiger partial charge in [-0.05, 0) is 19.1 Å². The van der Waals surface area contributed by atoms with E-state index in [1.54, 1.807) is 6.92 Å². The van der Waals surface area contributed by atoms with Crippen LogP contribution in [0.2, 0.25) is 0 Å². The highest BCUT2D eigenvalue weighted by Gasteiger charge is 2.17. The van der Waals surface area contributed by atoms with Crippen LogP contribution in [0.1, 0.15) is 19.7 Å². The molecule has 0 amide bonds. The van der Waals surface area contributed by atoms with Crippen LogP contribution in [0.25, 0.3) is 11.1 Å². The SMILES string of the molecule is CCOC(=O)C(C)Cc1nc2ccccc2o1. The smallest absolute Gasteiger partial charge is 0.309 e. The van der Waals surface area contributed by atoms with Crippen molar-refractivity contribution in [1.82, 2.24) is 4.98 Å².